The first-order valence-corrected chi connectivity index (χ1v) is 16.7. The fourth-order valence-corrected chi connectivity index (χ4v) is 7.51. The van der Waals surface area contributed by atoms with E-state index in [4.69, 9.17) is 16.5 Å². The molecule has 0 aliphatic carbocycles. The predicted octanol–water partition coefficient (Wildman–Crippen LogP) is 11.2. The van der Waals surface area contributed by atoms with Crippen LogP contribution < -0.4 is 0 Å². The fourth-order valence-electron chi connectivity index (χ4n) is 7.51. The summed E-state index contributed by atoms with van der Waals surface area (Å²) in [5, 5.41) is 4.75. The molecule has 0 aliphatic rings. The molecular weight excluding hydrogens is 613 g/mol. The lowest BCUT2D eigenvalue weighted by Crippen LogP contribution is -2.03. The molecule has 9 rings (SSSR count). The van der Waals surface area contributed by atoms with Crippen LogP contribution in [-0.4, -0.2) is 24.1 Å². The maximum atomic E-state index is 8.05. The Bertz CT molecular complexity index is 2860. The Labute approximate surface area is 289 Å². The zero-order chi connectivity index (χ0) is 34.1. The minimum absolute atomic E-state index is 0.581. The number of fused-ring (bicyclic) bond motifs is 6. The van der Waals surface area contributed by atoms with Gasteiger partial charge in [-0.2, -0.15) is 0 Å². The van der Waals surface area contributed by atoms with Gasteiger partial charge >= 0.3 is 0 Å². The van der Waals surface area contributed by atoms with Crippen LogP contribution in [0.5, 0.6) is 0 Å². The fraction of sp³-hybridized carbons (Fsp3) is 0.0909. The number of benzene rings is 6. The normalized spacial score (nSPS) is 11.6. The van der Waals surface area contributed by atoms with Crippen LogP contribution in [0.4, 0.5) is 5.69 Å². The van der Waals surface area contributed by atoms with Crippen molar-refractivity contribution in [2.45, 2.75) is 27.7 Å². The van der Waals surface area contributed by atoms with Gasteiger partial charge < -0.3 is 9.13 Å². The summed E-state index contributed by atoms with van der Waals surface area (Å²) in [6.07, 6.45) is 0. The molecule has 3 aromatic heterocycles. The van der Waals surface area contributed by atoms with Gasteiger partial charge in [-0.25, -0.2) is 19.8 Å². The summed E-state index contributed by atoms with van der Waals surface area (Å²) in [6.45, 7) is 16.1. The molecule has 0 saturated carbocycles. The second kappa shape index (κ2) is 11.3. The average Bonchev–Trinajstić information content (AvgIpc) is 3.62. The molecule has 0 spiro atoms. The maximum absolute atomic E-state index is 8.05. The molecule has 238 valence electrons. The van der Waals surface area contributed by atoms with Crippen LogP contribution in [0, 0.1) is 34.3 Å². The van der Waals surface area contributed by atoms with Crippen molar-refractivity contribution >= 4 is 49.3 Å². The molecule has 0 radical (unpaired) electrons. The average molecular weight is 645 g/mol. The molecule has 6 nitrogen and oxygen atoms in total. The third-order valence-electron chi connectivity index (χ3n) is 9.65. The van der Waals surface area contributed by atoms with E-state index in [1.54, 1.807) is 0 Å². The van der Waals surface area contributed by atoms with Gasteiger partial charge in [0.15, 0.2) is 11.5 Å². The molecule has 6 heteroatoms. The van der Waals surface area contributed by atoms with E-state index in [0.29, 0.717) is 23.2 Å². The molecule has 50 heavy (non-hydrogen) atoms. The van der Waals surface area contributed by atoms with E-state index < -0.39 is 0 Å². The van der Waals surface area contributed by atoms with E-state index in [1.807, 2.05) is 26.0 Å². The highest BCUT2D eigenvalue weighted by Gasteiger charge is 2.22. The van der Waals surface area contributed by atoms with Crippen molar-refractivity contribution in [2.24, 2.45) is 0 Å². The smallest absolute Gasteiger partial charge is 0.188 e. The number of aryl methyl sites for hydroxylation is 4. The van der Waals surface area contributed by atoms with Gasteiger partial charge in [-0.1, -0.05) is 78.9 Å². The second-order valence-corrected chi connectivity index (χ2v) is 13.0. The Hall–Kier alpha value is -6.58. The Morgan fingerprint density at radius 2 is 1.04 bits per heavy atom. The summed E-state index contributed by atoms with van der Waals surface area (Å²) in [6, 6.07) is 43.0. The van der Waals surface area contributed by atoms with Crippen molar-refractivity contribution in [1.82, 2.24) is 24.1 Å². The molecule has 0 N–H and O–H groups in total. The lowest BCUT2D eigenvalue weighted by atomic mass is 9.98. The van der Waals surface area contributed by atoms with Crippen molar-refractivity contribution in [1.29, 1.82) is 0 Å². The Morgan fingerprint density at radius 3 is 1.64 bits per heavy atom. The molecule has 0 aliphatic heterocycles. The van der Waals surface area contributed by atoms with Gasteiger partial charge in [-0.05, 0) is 86.8 Å². The van der Waals surface area contributed by atoms with Gasteiger partial charge in [0, 0.05) is 32.7 Å². The molecule has 0 amide bonds. The van der Waals surface area contributed by atoms with Crippen molar-refractivity contribution in [3.63, 3.8) is 0 Å². The molecule has 6 aromatic carbocycles. The zero-order valence-electron chi connectivity index (χ0n) is 28.2. The van der Waals surface area contributed by atoms with E-state index in [0.717, 1.165) is 50.1 Å². The highest BCUT2D eigenvalue weighted by molar-refractivity contribution is 6.11. The highest BCUT2D eigenvalue weighted by atomic mass is 15.0. The standard InChI is InChI=1S/C44H32N6/c1-26-14-18-34-32-10-6-8-12-38(32)49(41(34)22-26)40-21-17-31(45-5)25-37(40)36-20-16-30(44-47-28(3)46-29(4)48-44)24-43(36)50-39-13-9-7-11-33(39)35-19-15-27(2)23-42(35)50/h6-25H,1-4H3. The van der Waals surface area contributed by atoms with Gasteiger partial charge in [0.1, 0.15) is 11.6 Å². The largest absolute Gasteiger partial charge is 0.309 e. The van der Waals surface area contributed by atoms with Gasteiger partial charge in [-0.3, -0.25) is 0 Å². The number of hydrogen-bond acceptors (Lipinski definition) is 3. The quantitative estimate of drug-likeness (QED) is 0.179. The predicted molar refractivity (Wildman–Crippen MR) is 205 cm³/mol. The summed E-state index contributed by atoms with van der Waals surface area (Å²) in [5.74, 6) is 1.99. The maximum Gasteiger partial charge on any atom is 0.188 e. The van der Waals surface area contributed by atoms with E-state index >= 15 is 0 Å². The number of para-hydroxylation sites is 2. The van der Waals surface area contributed by atoms with Gasteiger partial charge in [-0.15, -0.1) is 0 Å². The summed E-state index contributed by atoms with van der Waals surface area (Å²) >= 11 is 0. The summed E-state index contributed by atoms with van der Waals surface area (Å²) in [4.78, 5) is 17.9. The molecule has 0 fully saturated rings. The first-order chi connectivity index (χ1) is 24.4. The first kappa shape index (κ1) is 29.6. The molecule has 3 heterocycles. The Kier molecular flexibility index (Phi) is 6.65. The third-order valence-corrected chi connectivity index (χ3v) is 9.65. The van der Waals surface area contributed by atoms with E-state index in [2.05, 4.69) is 142 Å². The van der Waals surface area contributed by atoms with Crippen LogP contribution in [0.3, 0.4) is 0 Å². The first-order valence-electron chi connectivity index (χ1n) is 16.7. The third kappa shape index (κ3) is 4.59. The van der Waals surface area contributed by atoms with Crippen LogP contribution in [0.2, 0.25) is 0 Å². The Balaban J connectivity index is 1.43. The topological polar surface area (TPSA) is 52.9 Å². The van der Waals surface area contributed by atoms with Crippen LogP contribution >= 0.6 is 0 Å². The van der Waals surface area contributed by atoms with Crippen molar-refractivity contribution in [3.05, 3.63) is 156 Å². The highest BCUT2D eigenvalue weighted by Crippen LogP contribution is 2.43. The minimum Gasteiger partial charge on any atom is -0.309 e. The van der Waals surface area contributed by atoms with Crippen LogP contribution in [-0.2, 0) is 0 Å². The lowest BCUT2D eigenvalue weighted by Gasteiger charge is -2.20. The number of nitrogens with zero attached hydrogens (tertiary/aromatic N) is 6. The second-order valence-electron chi connectivity index (χ2n) is 13.0. The monoisotopic (exact) mass is 644 g/mol. The lowest BCUT2D eigenvalue weighted by molar-refractivity contribution is 0.928. The van der Waals surface area contributed by atoms with Gasteiger partial charge in [0.05, 0.1) is 40.0 Å². The van der Waals surface area contributed by atoms with Crippen LogP contribution in [0.25, 0.3) is 82.3 Å². The van der Waals surface area contributed by atoms with Crippen molar-refractivity contribution in [3.8, 4) is 33.9 Å². The van der Waals surface area contributed by atoms with E-state index in [9.17, 15) is 0 Å². The number of rotatable bonds is 4. The van der Waals surface area contributed by atoms with Gasteiger partial charge in [0.25, 0.3) is 0 Å². The van der Waals surface area contributed by atoms with E-state index in [-0.39, 0.29) is 0 Å². The minimum atomic E-state index is 0.581. The summed E-state index contributed by atoms with van der Waals surface area (Å²) < 4.78 is 4.72. The Morgan fingerprint density at radius 1 is 0.480 bits per heavy atom. The van der Waals surface area contributed by atoms with E-state index in [1.165, 1.54) is 32.7 Å². The molecule has 0 bridgehead atoms. The van der Waals surface area contributed by atoms with Gasteiger partial charge in [0.2, 0.25) is 0 Å². The zero-order valence-corrected chi connectivity index (χ0v) is 28.2. The summed E-state index contributed by atoms with van der Waals surface area (Å²) in [7, 11) is 0. The molecular formula is C44H32N6. The summed E-state index contributed by atoms with van der Waals surface area (Å²) in [5.41, 5.74) is 12.3. The SMILES string of the molecule is [C-]#[N+]c1ccc(-n2c3ccccc3c3ccc(C)cc32)c(-c2ccc(-c3nc(C)nc(C)n3)cc2-n2c3ccccc3c3ccc(C)cc32)c1. The van der Waals surface area contributed by atoms with Crippen LogP contribution in [0.1, 0.15) is 22.8 Å². The van der Waals surface area contributed by atoms with Crippen LogP contribution in [0.15, 0.2) is 121 Å². The molecule has 0 saturated heterocycles. The molecule has 0 atom stereocenters. The number of aromatic nitrogens is 5. The van der Waals surface area contributed by atoms with Crippen molar-refractivity contribution < 1.29 is 0 Å². The number of hydrogen-bond donors (Lipinski definition) is 0. The van der Waals surface area contributed by atoms with Crippen molar-refractivity contribution in [2.75, 3.05) is 0 Å². The molecule has 9 aromatic rings. The molecule has 0 unspecified atom stereocenters.